The van der Waals surface area contributed by atoms with Crippen LogP contribution in [0.4, 0.5) is 4.39 Å². The van der Waals surface area contributed by atoms with E-state index in [2.05, 4.69) is 19.2 Å². The second-order valence-electron chi connectivity index (χ2n) is 5.57. The third-order valence-electron chi connectivity index (χ3n) is 3.31. The Hall–Kier alpha value is -1.62. The SMILES string of the molecule is COc1cc(C(=O)NCC(CCO)CC(C)C)ccc1F. The van der Waals surface area contributed by atoms with Crippen molar-refractivity contribution in [3.63, 3.8) is 0 Å². The monoisotopic (exact) mass is 297 g/mol. The Morgan fingerprint density at radius 1 is 1.43 bits per heavy atom. The van der Waals surface area contributed by atoms with Crippen LogP contribution in [0.25, 0.3) is 0 Å². The fraction of sp³-hybridized carbons (Fsp3) is 0.562. The van der Waals surface area contributed by atoms with Gasteiger partial charge in [-0.15, -0.1) is 0 Å². The number of benzene rings is 1. The van der Waals surface area contributed by atoms with Crippen LogP contribution < -0.4 is 10.1 Å². The summed E-state index contributed by atoms with van der Waals surface area (Å²) in [6, 6.07) is 4.03. The van der Waals surface area contributed by atoms with Crippen molar-refractivity contribution in [1.29, 1.82) is 0 Å². The molecular formula is C16H24FNO3. The van der Waals surface area contributed by atoms with Crippen molar-refractivity contribution in [3.8, 4) is 5.75 Å². The molecule has 4 nitrogen and oxygen atoms in total. The number of halogens is 1. The highest BCUT2D eigenvalue weighted by molar-refractivity contribution is 5.94. The topological polar surface area (TPSA) is 58.6 Å². The molecule has 2 N–H and O–H groups in total. The molecule has 0 saturated heterocycles. The number of aliphatic hydroxyl groups excluding tert-OH is 1. The summed E-state index contributed by atoms with van der Waals surface area (Å²) in [4.78, 5) is 12.1. The van der Waals surface area contributed by atoms with Crippen LogP contribution in [0.15, 0.2) is 18.2 Å². The number of rotatable bonds is 8. The van der Waals surface area contributed by atoms with E-state index in [1.54, 1.807) is 0 Å². The van der Waals surface area contributed by atoms with Gasteiger partial charge in [-0.05, 0) is 42.9 Å². The normalized spacial score (nSPS) is 12.3. The molecule has 0 heterocycles. The van der Waals surface area contributed by atoms with Crippen molar-refractivity contribution in [2.45, 2.75) is 26.7 Å². The van der Waals surface area contributed by atoms with E-state index in [1.165, 1.54) is 25.3 Å². The molecule has 1 atom stereocenters. The first-order valence-corrected chi connectivity index (χ1v) is 7.20. The fourth-order valence-electron chi connectivity index (χ4n) is 2.29. The van der Waals surface area contributed by atoms with Gasteiger partial charge in [0.25, 0.3) is 5.91 Å². The molecular weight excluding hydrogens is 273 g/mol. The lowest BCUT2D eigenvalue weighted by atomic mass is 9.94. The summed E-state index contributed by atoms with van der Waals surface area (Å²) in [6.07, 6.45) is 1.60. The molecule has 0 saturated carbocycles. The van der Waals surface area contributed by atoms with E-state index in [0.717, 1.165) is 6.42 Å². The van der Waals surface area contributed by atoms with E-state index in [4.69, 9.17) is 9.84 Å². The van der Waals surface area contributed by atoms with Gasteiger partial charge in [-0.1, -0.05) is 13.8 Å². The zero-order valence-corrected chi connectivity index (χ0v) is 12.9. The highest BCUT2D eigenvalue weighted by Gasteiger charge is 2.14. The minimum Gasteiger partial charge on any atom is -0.494 e. The zero-order chi connectivity index (χ0) is 15.8. The van der Waals surface area contributed by atoms with Crippen molar-refractivity contribution in [2.75, 3.05) is 20.3 Å². The Bertz CT molecular complexity index is 463. The van der Waals surface area contributed by atoms with Gasteiger partial charge >= 0.3 is 0 Å². The van der Waals surface area contributed by atoms with Crippen molar-refractivity contribution in [3.05, 3.63) is 29.6 Å². The number of carbonyl (C=O) groups excluding carboxylic acids is 1. The van der Waals surface area contributed by atoms with E-state index in [0.29, 0.717) is 24.4 Å². The summed E-state index contributed by atoms with van der Waals surface area (Å²) in [5.74, 6) is 0.0365. The summed E-state index contributed by atoms with van der Waals surface area (Å²) in [5.41, 5.74) is 0.362. The molecule has 1 amide bonds. The molecule has 5 heteroatoms. The third kappa shape index (κ3) is 5.71. The Labute approximate surface area is 125 Å². The van der Waals surface area contributed by atoms with Gasteiger partial charge in [0.15, 0.2) is 11.6 Å². The van der Waals surface area contributed by atoms with E-state index in [-0.39, 0.29) is 24.2 Å². The summed E-state index contributed by atoms with van der Waals surface area (Å²) in [5, 5.41) is 11.9. The average Bonchev–Trinajstić information content (AvgIpc) is 2.44. The third-order valence-corrected chi connectivity index (χ3v) is 3.31. The molecule has 0 fully saturated rings. The molecule has 0 aliphatic carbocycles. The van der Waals surface area contributed by atoms with Crippen LogP contribution in [-0.2, 0) is 0 Å². The van der Waals surface area contributed by atoms with Crippen molar-refractivity contribution < 1.29 is 19.0 Å². The Morgan fingerprint density at radius 2 is 2.14 bits per heavy atom. The van der Waals surface area contributed by atoms with Gasteiger partial charge in [0.2, 0.25) is 0 Å². The summed E-state index contributed by atoms with van der Waals surface area (Å²) >= 11 is 0. The van der Waals surface area contributed by atoms with Crippen LogP contribution in [0, 0.1) is 17.7 Å². The minimum absolute atomic E-state index is 0.0525. The van der Waals surface area contributed by atoms with Crippen molar-refractivity contribution in [1.82, 2.24) is 5.32 Å². The first kappa shape index (κ1) is 17.4. The summed E-state index contributed by atoms with van der Waals surface area (Å²) in [6.45, 7) is 4.82. The molecule has 1 aromatic rings. The number of ether oxygens (including phenoxy) is 1. The van der Waals surface area contributed by atoms with Gasteiger partial charge < -0.3 is 15.2 Å². The molecule has 0 aliphatic rings. The number of carbonyl (C=O) groups is 1. The van der Waals surface area contributed by atoms with Crippen LogP contribution in [0.3, 0.4) is 0 Å². The van der Waals surface area contributed by atoms with Gasteiger partial charge in [-0.25, -0.2) is 4.39 Å². The summed E-state index contributed by atoms with van der Waals surface area (Å²) < 4.78 is 18.2. The number of aliphatic hydroxyl groups is 1. The first-order valence-electron chi connectivity index (χ1n) is 7.20. The Kier molecular flexibility index (Phi) is 7.15. The average molecular weight is 297 g/mol. The molecule has 0 bridgehead atoms. The maximum Gasteiger partial charge on any atom is 0.251 e. The van der Waals surface area contributed by atoms with Crippen LogP contribution in [0.5, 0.6) is 5.75 Å². The standard InChI is InChI=1S/C16H24FNO3/c1-11(2)8-12(6-7-19)10-18-16(20)13-4-5-14(17)15(9-13)21-3/h4-5,9,11-12,19H,6-8,10H2,1-3H3,(H,18,20). The van der Waals surface area contributed by atoms with E-state index in [1.807, 2.05) is 0 Å². The van der Waals surface area contributed by atoms with Gasteiger partial charge in [0.1, 0.15) is 0 Å². The molecule has 0 spiro atoms. The van der Waals surface area contributed by atoms with E-state index in [9.17, 15) is 9.18 Å². The maximum absolute atomic E-state index is 13.3. The second-order valence-corrected chi connectivity index (χ2v) is 5.57. The maximum atomic E-state index is 13.3. The van der Waals surface area contributed by atoms with Gasteiger partial charge in [-0.3, -0.25) is 4.79 Å². The van der Waals surface area contributed by atoms with Gasteiger partial charge in [-0.2, -0.15) is 0 Å². The number of methoxy groups -OCH3 is 1. The fourth-order valence-corrected chi connectivity index (χ4v) is 2.29. The molecule has 21 heavy (non-hydrogen) atoms. The van der Waals surface area contributed by atoms with E-state index >= 15 is 0 Å². The predicted octanol–water partition coefficient (Wildman–Crippen LogP) is 2.61. The van der Waals surface area contributed by atoms with Crippen LogP contribution in [-0.4, -0.2) is 31.3 Å². The van der Waals surface area contributed by atoms with Crippen LogP contribution in [0.2, 0.25) is 0 Å². The quantitative estimate of drug-likeness (QED) is 0.775. The lowest BCUT2D eigenvalue weighted by Gasteiger charge is -2.18. The number of nitrogens with one attached hydrogen (secondary N) is 1. The highest BCUT2D eigenvalue weighted by atomic mass is 19.1. The van der Waals surface area contributed by atoms with Crippen molar-refractivity contribution in [2.24, 2.45) is 11.8 Å². The molecule has 118 valence electrons. The van der Waals surface area contributed by atoms with Crippen molar-refractivity contribution >= 4 is 5.91 Å². The molecule has 0 radical (unpaired) electrons. The Morgan fingerprint density at radius 3 is 2.71 bits per heavy atom. The van der Waals surface area contributed by atoms with E-state index < -0.39 is 5.82 Å². The minimum atomic E-state index is -0.494. The lowest BCUT2D eigenvalue weighted by molar-refractivity contribution is 0.0941. The van der Waals surface area contributed by atoms with Crippen LogP contribution >= 0.6 is 0 Å². The molecule has 1 rings (SSSR count). The first-order chi connectivity index (χ1) is 9.97. The number of hydrogen-bond donors (Lipinski definition) is 2. The molecule has 1 unspecified atom stereocenters. The highest BCUT2D eigenvalue weighted by Crippen LogP contribution is 2.18. The molecule has 0 aliphatic heterocycles. The molecule has 0 aromatic heterocycles. The Balaban J connectivity index is 2.63. The zero-order valence-electron chi connectivity index (χ0n) is 12.9. The number of amides is 1. The smallest absolute Gasteiger partial charge is 0.251 e. The molecule has 1 aromatic carbocycles. The lowest BCUT2D eigenvalue weighted by Crippen LogP contribution is -2.30. The van der Waals surface area contributed by atoms with Gasteiger partial charge in [0, 0.05) is 18.7 Å². The van der Waals surface area contributed by atoms with Gasteiger partial charge in [0.05, 0.1) is 7.11 Å². The second kappa shape index (κ2) is 8.62. The summed E-state index contributed by atoms with van der Waals surface area (Å²) in [7, 11) is 1.36. The largest absolute Gasteiger partial charge is 0.494 e. The van der Waals surface area contributed by atoms with Crippen LogP contribution in [0.1, 0.15) is 37.0 Å². The predicted molar refractivity (Wildman–Crippen MR) is 79.9 cm³/mol. The number of hydrogen-bond acceptors (Lipinski definition) is 3.